The van der Waals surface area contributed by atoms with E-state index in [-0.39, 0.29) is 12.1 Å². The van der Waals surface area contributed by atoms with E-state index in [2.05, 4.69) is 65.7 Å². The van der Waals surface area contributed by atoms with Gasteiger partial charge in [-0.1, -0.05) is 55.5 Å². The molecular formula is C20H22N2O. The molecule has 1 fully saturated rings. The van der Waals surface area contributed by atoms with Gasteiger partial charge < -0.3 is 10.2 Å². The van der Waals surface area contributed by atoms with Gasteiger partial charge in [0, 0.05) is 24.6 Å². The molecule has 0 bridgehead atoms. The van der Waals surface area contributed by atoms with Gasteiger partial charge >= 0.3 is 0 Å². The first-order valence-corrected chi connectivity index (χ1v) is 8.45. The molecule has 0 spiro atoms. The first-order valence-electron chi connectivity index (χ1n) is 8.45. The Hall–Kier alpha value is -2.29. The highest BCUT2D eigenvalue weighted by Crippen LogP contribution is 2.46. The Morgan fingerprint density at radius 1 is 1.04 bits per heavy atom. The van der Waals surface area contributed by atoms with E-state index in [0.29, 0.717) is 18.2 Å². The van der Waals surface area contributed by atoms with Crippen molar-refractivity contribution in [3.8, 4) is 0 Å². The number of carbonyl (C=O) groups excluding carboxylic acids is 1. The van der Waals surface area contributed by atoms with Crippen molar-refractivity contribution in [2.45, 2.75) is 31.8 Å². The van der Waals surface area contributed by atoms with Crippen molar-refractivity contribution in [1.29, 1.82) is 0 Å². The second kappa shape index (κ2) is 5.73. The highest BCUT2D eigenvalue weighted by molar-refractivity contribution is 5.79. The zero-order chi connectivity index (χ0) is 15.8. The van der Waals surface area contributed by atoms with Gasteiger partial charge in [0.2, 0.25) is 5.91 Å². The minimum Gasteiger partial charge on any atom is -0.378 e. The van der Waals surface area contributed by atoms with Gasteiger partial charge in [0.05, 0.1) is 12.1 Å². The maximum absolute atomic E-state index is 12.4. The lowest BCUT2D eigenvalue weighted by Crippen LogP contribution is -2.40. The van der Waals surface area contributed by atoms with Crippen molar-refractivity contribution in [3.63, 3.8) is 0 Å². The second-order valence-corrected chi connectivity index (χ2v) is 6.61. The molecule has 0 saturated carbocycles. The van der Waals surface area contributed by atoms with Crippen LogP contribution in [0.1, 0.15) is 43.0 Å². The molecule has 3 heteroatoms. The van der Waals surface area contributed by atoms with E-state index in [1.807, 2.05) is 6.07 Å². The van der Waals surface area contributed by atoms with Crippen molar-refractivity contribution < 1.29 is 4.79 Å². The maximum Gasteiger partial charge on any atom is 0.223 e. The molecule has 23 heavy (non-hydrogen) atoms. The highest BCUT2D eigenvalue weighted by Gasteiger charge is 2.40. The van der Waals surface area contributed by atoms with Crippen LogP contribution in [0.2, 0.25) is 0 Å². The van der Waals surface area contributed by atoms with Gasteiger partial charge in [-0.2, -0.15) is 0 Å². The number of hydrogen-bond acceptors (Lipinski definition) is 2. The van der Waals surface area contributed by atoms with Crippen LogP contribution in [-0.4, -0.2) is 17.4 Å². The first kappa shape index (κ1) is 14.3. The number of para-hydroxylation sites is 1. The summed E-state index contributed by atoms with van der Waals surface area (Å²) in [6, 6.07) is 19.4. The fraction of sp³-hybridized carbons (Fsp3) is 0.350. The lowest BCUT2D eigenvalue weighted by molar-refractivity contribution is -0.131. The van der Waals surface area contributed by atoms with Crippen molar-refractivity contribution >= 4 is 11.6 Å². The number of likely N-dealkylation sites (tertiary alicyclic amines) is 1. The molecule has 1 N–H and O–H groups in total. The molecule has 3 nitrogen and oxygen atoms in total. The molecule has 2 heterocycles. The minimum atomic E-state index is 0.160. The summed E-state index contributed by atoms with van der Waals surface area (Å²) >= 11 is 0. The molecule has 2 aromatic carbocycles. The van der Waals surface area contributed by atoms with E-state index in [9.17, 15) is 4.79 Å². The largest absolute Gasteiger partial charge is 0.378 e. The van der Waals surface area contributed by atoms with Gasteiger partial charge in [0.15, 0.2) is 0 Å². The third-order valence-electron chi connectivity index (χ3n) is 5.22. The van der Waals surface area contributed by atoms with E-state index in [4.69, 9.17) is 0 Å². The number of amides is 1. The maximum atomic E-state index is 12.4. The van der Waals surface area contributed by atoms with Crippen LogP contribution < -0.4 is 5.32 Å². The Bertz CT molecular complexity index is 713. The van der Waals surface area contributed by atoms with Crippen molar-refractivity contribution in [3.05, 3.63) is 65.7 Å². The molecule has 0 aromatic heterocycles. The molecule has 0 unspecified atom stereocenters. The van der Waals surface area contributed by atoms with Crippen molar-refractivity contribution in [2.24, 2.45) is 5.92 Å². The van der Waals surface area contributed by atoms with Gasteiger partial charge in [-0.3, -0.25) is 4.79 Å². The zero-order valence-electron chi connectivity index (χ0n) is 13.4. The molecule has 0 aliphatic carbocycles. The predicted octanol–water partition coefficient (Wildman–Crippen LogP) is 4.15. The lowest BCUT2D eigenvalue weighted by Gasteiger charge is -2.43. The monoisotopic (exact) mass is 306 g/mol. The van der Waals surface area contributed by atoms with Crippen LogP contribution in [-0.2, 0) is 4.79 Å². The molecule has 2 aromatic rings. The quantitative estimate of drug-likeness (QED) is 0.904. The number of carbonyl (C=O) groups is 1. The lowest BCUT2D eigenvalue weighted by atomic mass is 9.80. The van der Waals surface area contributed by atoms with Gasteiger partial charge in [-0.15, -0.1) is 0 Å². The van der Waals surface area contributed by atoms with Crippen LogP contribution in [0.5, 0.6) is 0 Å². The standard InChI is InChI=1S/C20H22N2O/c1-14-19(15-8-3-2-4-9-15)21-17-11-6-5-10-16(17)20(14)22-13-7-12-18(22)23/h2-6,8-11,14,19-21H,7,12-13H2,1H3/t14-,19+,20+/m1/s1. The summed E-state index contributed by atoms with van der Waals surface area (Å²) < 4.78 is 0. The first-order chi connectivity index (χ1) is 11.3. The number of nitrogens with one attached hydrogen (secondary N) is 1. The number of hydrogen-bond donors (Lipinski definition) is 1. The Labute approximate surface area is 137 Å². The highest BCUT2D eigenvalue weighted by atomic mass is 16.2. The van der Waals surface area contributed by atoms with Gasteiger partial charge in [-0.05, 0) is 23.6 Å². The van der Waals surface area contributed by atoms with Gasteiger partial charge in [0.1, 0.15) is 0 Å². The van der Waals surface area contributed by atoms with Gasteiger partial charge in [0.25, 0.3) is 0 Å². The zero-order valence-corrected chi connectivity index (χ0v) is 13.4. The molecular weight excluding hydrogens is 284 g/mol. The smallest absolute Gasteiger partial charge is 0.223 e. The normalized spacial score (nSPS) is 26.7. The molecule has 118 valence electrons. The third kappa shape index (κ3) is 2.40. The summed E-state index contributed by atoms with van der Waals surface area (Å²) in [5.41, 5.74) is 3.69. The molecule has 4 rings (SSSR count). The topological polar surface area (TPSA) is 32.3 Å². The molecule has 1 saturated heterocycles. The predicted molar refractivity (Wildman–Crippen MR) is 92.1 cm³/mol. The number of rotatable bonds is 2. The van der Waals surface area contributed by atoms with E-state index in [0.717, 1.165) is 18.7 Å². The Balaban J connectivity index is 1.78. The van der Waals surface area contributed by atoms with Crippen molar-refractivity contribution in [1.82, 2.24) is 4.90 Å². The van der Waals surface area contributed by atoms with Gasteiger partial charge in [-0.25, -0.2) is 0 Å². The van der Waals surface area contributed by atoms with E-state index in [1.165, 1.54) is 11.1 Å². The molecule has 1 amide bonds. The van der Waals surface area contributed by atoms with Crippen LogP contribution in [0.15, 0.2) is 54.6 Å². The summed E-state index contributed by atoms with van der Waals surface area (Å²) in [4.78, 5) is 14.5. The number of anilines is 1. The minimum absolute atomic E-state index is 0.160. The Morgan fingerprint density at radius 3 is 2.52 bits per heavy atom. The summed E-state index contributed by atoms with van der Waals surface area (Å²) in [5.74, 6) is 0.625. The average molecular weight is 306 g/mol. The fourth-order valence-corrected chi connectivity index (χ4v) is 4.11. The summed E-state index contributed by atoms with van der Waals surface area (Å²) in [7, 11) is 0. The third-order valence-corrected chi connectivity index (χ3v) is 5.22. The molecule has 2 aliphatic heterocycles. The fourth-order valence-electron chi connectivity index (χ4n) is 4.11. The number of benzene rings is 2. The summed E-state index contributed by atoms with van der Waals surface area (Å²) in [6.45, 7) is 3.14. The van der Waals surface area contributed by atoms with E-state index < -0.39 is 0 Å². The van der Waals surface area contributed by atoms with E-state index in [1.54, 1.807) is 0 Å². The molecule has 3 atom stereocenters. The van der Waals surface area contributed by atoms with E-state index >= 15 is 0 Å². The second-order valence-electron chi connectivity index (χ2n) is 6.61. The Kier molecular flexibility index (Phi) is 3.56. The average Bonchev–Trinajstić information content (AvgIpc) is 3.01. The van der Waals surface area contributed by atoms with Crippen molar-refractivity contribution in [2.75, 3.05) is 11.9 Å². The number of nitrogens with zero attached hydrogens (tertiary/aromatic N) is 1. The Morgan fingerprint density at radius 2 is 1.78 bits per heavy atom. The van der Waals surface area contributed by atoms with Crippen LogP contribution in [0, 0.1) is 5.92 Å². The molecule has 2 aliphatic rings. The summed E-state index contributed by atoms with van der Waals surface area (Å²) in [5, 5.41) is 3.69. The van der Waals surface area contributed by atoms with Crippen LogP contribution >= 0.6 is 0 Å². The summed E-state index contributed by atoms with van der Waals surface area (Å²) in [6.07, 6.45) is 1.67. The van der Waals surface area contributed by atoms with Crippen LogP contribution in [0.25, 0.3) is 0 Å². The molecule has 0 radical (unpaired) electrons. The van der Waals surface area contributed by atoms with Crippen LogP contribution in [0.4, 0.5) is 5.69 Å². The SMILES string of the molecule is C[C@@H]1[C@@H](c2ccccc2)Nc2ccccc2[C@H]1N1CCCC1=O. The number of fused-ring (bicyclic) bond motifs is 1. The van der Waals surface area contributed by atoms with Crippen LogP contribution in [0.3, 0.4) is 0 Å².